The van der Waals surface area contributed by atoms with Crippen LogP contribution in [0.25, 0.3) is 0 Å². The van der Waals surface area contributed by atoms with Crippen LogP contribution in [0.2, 0.25) is 0 Å². The van der Waals surface area contributed by atoms with Crippen molar-refractivity contribution in [3.63, 3.8) is 0 Å². The number of nitrogens with zero attached hydrogens (tertiary/aromatic N) is 1. The summed E-state index contributed by atoms with van der Waals surface area (Å²) in [5.74, 6) is 0. The Hall–Kier alpha value is -1.22. The van der Waals surface area contributed by atoms with Gasteiger partial charge in [0.1, 0.15) is 0 Å². The van der Waals surface area contributed by atoms with Crippen molar-refractivity contribution in [2.45, 2.75) is 38.6 Å². The summed E-state index contributed by atoms with van der Waals surface area (Å²) < 4.78 is 0. The van der Waals surface area contributed by atoms with Crippen molar-refractivity contribution < 1.29 is 5.11 Å². The fraction of sp³-hybridized carbons (Fsp3) is 0.571. The molecule has 2 rings (SSSR count). The van der Waals surface area contributed by atoms with E-state index in [1.807, 2.05) is 0 Å². The van der Waals surface area contributed by atoms with E-state index in [0.717, 1.165) is 30.6 Å². The van der Waals surface area contributed by atoms with Crippen molar-refractivity contribution in [3.8, 4) is 0 Å². The van der Waals surface area contributed by atoms with Crippen LogP contribution in [-0.2, 0) is 0 Å². The first-order valence-corrected chi connectivity index (χ1v) is 6.46. The van der Waals surface area contributed by atoms with E-state index in [4.69, 9.17) is 10.8 Å². The number of benzene rings is 1. The second kappa shape index (κ2) is 5.41. The molecule has 0 amide bonds. The molecular formula is C14H22N2O. The van der Waals surface area contributed by atoms with E-state index in [1.54, 1.807) is 0 Å². The number of nitrogen functional groups attached to an aromatic ring is 1. The van der Waals surface area contributed by atoms with Crippen LogP contribution in [0.4, 0.5) is 11.4 Å². The lowest BCUT2D eigenvalue weighted by atomic mass is 10.1. The zero-order valence-electron chi connectivity index (χ0n) is 10.5. The molecule has 0 saturated carbocycles. The molecule has 1 aliphatic rings. The maximum Gasteiger partial charge on any atom is 0.0605 e. The number of aryl methyl sites for hydroxylation is 1. The van der Waals surface area contributed by atoms with Gasteiger partial charge < -0.3 is 15.7 Å². The Bertz CT molecular complexity index is 378. The second-order valence-corrected chi connectivity index (χ2v) is 4.86. The van der Waals surface area contributed by atoms with E-state index in [9.17, 15) is 0 Å². The van der Waals surface area contributed by atoms with Gasteiger partial charge in [-0.05, 0) is 44.2 Å². The zero-order valence-corrected chi connectivity index (χ0v) is 10.5. The van der Waals surface area contributed by atoms with E-state index < -0.39 is 0 Å². The predicted octanol–water partition coefficient (Wildman–Crippen LogP) is 2.32. The van der Waals surface area contributed by atoms with Crippen molar-refractivity contribution in [1.82, 2.24) is 0 Å². The lowest BCUT2D eigenvalue weighted by Crippen LogP contribution is -2.30. The number of rotatable bonds is 4. The topological polar surface area (TPSA) is 49.5 Å². The monoisotopic (exact) mass is 234 g/mol. The van der Waals surface area contributed by atoms with Gasteiger partial charge in [-0.3, -0.25) is 0 Å². The summed E-state index contributed by atoms with van der Waals surface area (Å²) in [5, 5.41) is 8.94. The molecule has 1 saturated heterocycles. The Labute approximate surface area is 103 Å². The predicted molar refractivity (Wildman–Crippen MR) is 72.3 cm³/mol. The largest absolute Gasteiger partial charge is 0.397 e. The fourth-order valence-corrected chi connectivity index (χ4v) is 2.70. The normalized spacial score (nSPS) is 19.9. The maximum atomic E-state index is 8.94. The summed E-state index contributed by atoms with van der Waals surface area (Å²) in [4.78, 5) is 2.41. The minimum absolute atomic E-state index is 0.285. The Morgan fingerprint density at radius 2 is 2.29 bits per heavy atom. The number of hydrogen-bond acceptors (Lipinski definition) is 3. The summed E-state index contributed by atoms with van der Waals surface area (Å²) in [6.07, 6.45) is 4.38. The van der Waals surface area contributed by atoms with Crippen LogP contribution in [0, 0.1) is 6.92 Å². The Balaban J connectivity index is 2.17. The smallest absolute Gasteiger partial charge is 0.0605 e. The molecule has 0 aromatic heterocycles. The highest BCUT2D eigenvalue weighted by Gasteiger charge is 2.25. The Morgan fingerprint density at radius 1 is 1.47 bits per heavy atom. The molecule has 1 aliphatic heterocycles. The highest BCUT2D eigenvalue weighted by atomic mass is 16.2. The van der Waals surface area contributed by atoms with Crippen molar-refractivity contribution in [2.24, 2.45) is 0 Å². The van der Waals surface area contributed by atoms with Gasteiger partial charge >= 0.3 is 0 Å². The number of hydrogen-bond donors (Lipinski definition) is 2. The summed E-state index contributed by atoms with van der Waals surface area (Å²) >= 11 is 0. The van der Waals surface area contributed by atoms with Gasteiger partial charge in [0.2, 0.25) is 0 Å². The molecule has 1 aromatic rings. The molecule has 3 nitrogen and oxygen atoms in total. The summed E-state index contributed by atoms with van der Waals surface area (Å²) in [6.45, 7) is 3.43. The van der Waals surface area contributed by atoms with Gasteiger partial charge in [-0.2, -0.15) is 0 Å². The van der Waals surface area contributed by atoms with Gasteiger partial charge in [-0.1, -0.05) is 12.1 Å². The third-order valence-corrected chi connectivity index (χ3v) is 3.68. The minimum atomic E-state index is 0.285. The SMILES string of the molecule is Cc1cccc(N2CCCC2CCCO)c1N. The zero-order chi connectivity index (χ0) is 12.3. The highest BCUT2D eigenvalue weighted by molar-refractivity contribution is 5.71. The molecule has 0 radical (unpaired) electrons. The highest BCUT2D eigenvalue weighted by Crippen LogP contribution is 2.33. The number of anilines is 2. The third-order valence-electron chi connectivity index (χ3n) is 3.68. The fourth-order valence-electron chi connectivity index (χ4n) is 2.70. The molecule has 0 bridgehead atoms. The van der Waals surface area contributed by atoms with E-state index in [0.29, 0.717) is 6.04 Å². The number of aliphatic hydroxyl groups excluding tert-OH is 1. The van der Waals surface area contributed by atoms with Gasteiger partial charge in [0.15, 0.2) is 0 Å². The van der Waals surface area contributed by atoms with Gasteiger partial charge in [0, 0.05) is 19.2 Å². The molecule has 0 aliphatic carbocycles. The molecule has 94 valence electrons. The summed E-state index contributed by atoms with van der Waals surface area (Å²) in [5.41, 5.74) is 9.39. The van der Waals surface area contributed by atoms with Crippen LogP contribution in [0.15, 0.2) is 18.2 Å². The van der Waals surface area contributed by atoms with E-state index >= 15 is 0 Å². The maximum absolute atomic E-state index is 8.94. The van der Waals surface area contributed by atoms with Crippen molar-refractivity contribution in [2.75, 3.05) is 23.8 Å². The molecule has 3 heteroatoms. The minimum Gasteiger partial charge on any atom is -0.397 e. The summed E-state index contributed by atoms with van der Waals surface area (Å²) in [6, 6.07) is 6.78. The third kappa shape index (κ3) is 2.55. The number of nitrogens with two attached hydrogens (primary N) is 1. The van der Waals surface area contributed by atoms with E-state index in [-0.39, 0.29) is 6.61 Å². The number of aliphatic hydroxyl groups is 1. The molecule has 1 aromatic carbocycles. The summed E-state index contributed by atoms with van der Waals surface area (Å²) in [7, 11) is 0. The van der Waals surface area contributed by atoms with Gasteiger partial charge in [-0.25, -0.2) is 0 Å². The van der Waals surface area contributed by atoms with Crippen LogP contribution < -0.4 is 10.6 Å². The second-order valence-electron chi connectivity index (χ2n) is 4.86. The molecule has 1 fully saturated rings. The first-order chi connectivity index (χ1) is 8.24. The van der Waals surface area contributed by atoms with Crippen LogP contribution in [0.3, 0.4) is 0 Å². The first kappa shape index (κ1) is 12.2. The molecule has 17 heavy (non-hydrogen) atoms. The van der Waals surface area contributed by atoms with Crippen molar-refractivity contribution in [1.29, 1.82) is 0 Å². The van der Waals surface area contributed by atoms with Crippen LogP contribution in [0.1, 0.15) is 31.2 Å². The molecule has 0 spiro atoms. The molecule has 1 unspecified atom stereocenters. The van der Waals surface area contributed by atoms with Crippen molar-refractivity contribution >= 4 is 11.4 Å². The average molecular weight is 234 g/mol. The quantitative estimate of drug-likeness (QED) is 0.786. The lowest BCUT2D eigenvalue weighted by molar-refractivity contribution is 0.279. The molecule has 1 heterocycles. The lowest BCUT2D eigenvalue weighted by Gasteiger charge is -2.28. The molecule has 1 atom stereocenters. The number of para-hydroxylation sites is 1. The average Bonchev–Trinajstić information content (AvgIpc) is 2.78. The molecular weight excluding hydrogens is 212 g/mol. The van der Waals surface area contributed by atoms with Crippen LogP contribution in [0.5, 0.6) is 0 Å². The van der Waals surface area contributed by atoms with Crippen LogP contribution in [-0.4, -0.2) is 24.3 Å². The van der Waals surface area contributed by atoms with Gasteiger partial charge in [0.25, 0.3) is 0 Å². The van der Waals surface area contributed by atoms with Gasteiger partial charge in [-0.15, -0.1) is 0 Å². The van der Waals surface area contributed by atoms with E-state index in [2.05, 4.69) is 30.0 Å². The standard InChI is InChI=1S/C14H22N2O/c1-11-5-2-8-13(14(11)15)16-9-3-6-12(16)7-4-10-17/h2,5,8,12,17H,3-4,6-7,9-10,15H2,1H3. The first-order valence-electron chi connectivity index (χ1n) is 6.46. The molecule has 3 N–H and O–H groups in total. The van der Waals surface area contributed by atoms with Crippen LogP contribution >= 0.6 is 0 Å². The van der Waals surface area contributed by atoms with Crippen molar-refractivity contribution in [3.05, 3.63) is 23.8 Å². The Kier molecular flexibility index (Phi) is 3.89. The van der Waals surface area contributed by atoms with E-state index in [1.165, 1.54) is 18.5 Å². The Morgan fingerprint density at radius 3 is 3.06 bits per heavy atom. The van der Waals surface area contributed by atoms with Gasteiger partial charge in [0.05, 0.1) is 11.4 Å².